The van der Waals surface area contributed by atoms with Gasteiger partial charge in [-0.05, 0) is 19.9 Å². The summed E-state index contributed by atoms with van der Waals surface area (Å²) in [6, 6.07) is 2.25. The number of carbonyl (C=O) groups excluding carboxylic acids is 1. The molecule has 0 bridgehead atoms. The Bertz CT molecular complexity index is 232. The molecule has 0 saturated carbocycles. The van der Waals surface area contributed by atoms with E-state index < -0.39 is 0 Å². The van der Waals surface area contributed by atoms with E-state index in [1.165, 1.54) is 0 Å². The fourth-order valence-electron chi connectivity index (χ4n) is 1.03. The van der Waals surface area contributed by atoms with Crippen LogP contribution in [-0.2, 0) is 4.79 Å². The van der Waals surface area contributed by atoms with Gasteiger partial charge in [0.1, 0.15) is 0 Å². The van der Waals surface area contributed by atoms with Gasteiger partial charge in [-0.1, -0.05) is 13.8 Å². The minimum absolute atomic E-state index is 0.0247. The zero-order valence-corrected chi connectivity index (χ0v) is 10.1. The Morgan fingerprint density at radius 3 is 2.53 bits per heavy atom. The third-order valence-corrected chi connectivity index (χ3v) is 2.41. The largest absolute Gasteiger partial charge is 0.352 e. The van der Waals surface area contributed by atoms with Gasteiger partial charge in [-0.25, -0.2) is 0 Å². The van der Waals surface area contributed by atoms with Gasteiger partial charge >= 0.3 is 0 Å². The lowest BCUT2D eigenvalue weighted by atomic mass is 10.1. The van der Waals surface area contributed by atoms with Crippen LogP contribution in [0.1, 0.15) is 27.2 Å². The zero-order valence-electron chi connectivity index (χ0n) is 10.1. The summed E-state index contributed by atoms with van der Waals surface area (Å²) in [7, 11) is 1.84. The maximum absolute atomic E-state index is 11.5. The molecule has 0 radical (unpaired) electrons. The molecule has 0 aromatic heterocycles. The third kappa shape index (κ3) is 6.92. The number of hydrogen-bond acceptors (Lipinski definition) is 3. The second-order valence-corrected chi connectivity index (χ2v) is 4.25. The lowest BCUT2D eigenvalue weighted by molar-refractivity contribution is -0.122. The summed E-state index contributed by atoms with van der Waals surface area (Å²) in [6.45, 7) is 7.14. The summed E-state index contributed by atoms with van der Waals surface area (Å²) in [5.74, 6) is 0.468. The Hall–Kier alpha value is -1.08. The molecule has 4 nitrogen and oxygen atoms in total. The van der Waals surface area contributed by atoms with Gasteiger partial charge < -0.3 is 5.32 Å². The summed E-state index contributed by atoms with van der Waals surface area (Å²) in [4.78, 5) is 13.3. The Labute approximate surface area is 92.3 Å². The molecule has 0 rings (SSSR count). The number of rotatable bonds is 6. The SMILES string of the molecule is CC(C)C(C)NC(=O)CN(C)CCC#N. The smallest absolute Gasteiger partial charge is 0.234 e. The number of hydrogen-bond donors (Lipinski definition) is 1. The number of amides is 1. The number of nitrogens with zero attached hydrogens (tertiary/aromatic N) is 2. The fraction of sp³-hybridized carbons (Fsp3) is 0.818. The highest BCUT2D eigenvalue weighted by Gasteiger charge is 2.11. The van der Waals surface area contributed by atoms with Crippen molar-refractivity contribution in [2.24, 2.45) is 5.92 Å². The molecular formula is C11H21N3O. The predicted molar refractivity (Wildman–Crippen MR) is 60.2 cm³/mol. The molecule has 0 aliphatic carbocycles. The van der Waals surface area contributed by atoms with Gasteiger partial charge in [0.25, 0.3) is 0 Å². The average molecular weight is 211 g/mol. The molecule has 0 aliphatic heterocycles. The normalized spacial score (nSPS) is 12.6. The van der Waals surface area contributed by atoms with Gasteiger partial charge in [0.05, 0.1) is 12.6 Å². The van der Waals surface area contributed by atoms with Crippen LogP contribution in [0.3, 0.4) is 0 Å². The summed E-state index contributed by atoms with van der Waals surface area (Å²) in [5.41, 5.74) is 0. The van der Waals surface area contributed by atoms with E-state index >= 15 is 0 Å². The van der Waals surface area contributed by atoms with Crippen LogP contribution in [0, 0.1) is 17.2 Å². The van der Waals surface area contributed by atoms with Crippen molar-refractivity contribution < 1.29 is 4.79 Å². The monoisotopic (exact) mass is 211 g/mol. The molecule has 15 heavy (non-hydrogen) atoms. The van der Waals surface area contributed by atoms with Gasteiger partial charge in [0.2, 0.25) is 5.91 Å². The number of nitriles is 1. The molecule has 1 amide bonds. The maximum atomic E-state index is 11.5. The van der Waals surface area contributed by atoms with Crippen molar-refractivity contribution in [1.29, 1.82) is 5.26 Å². The quantitative estimate of drug-likeness (QED) is 0.713. The maximum Gasteiger partial charge on any atom is 0.234 e. The van der Waals surface area contributed by atoms with Gasteiger partial charge in [-0.3, -0.25) is 9.69 Å². The summed E-state index contributed by atoms with van der Waals surface area (Å²) < 4.78 is 0. The van der Waals surface area contributed by atoms with E-state index in [2.05, 4.69) is 25.2 Å². The lowest BCUT2D eigenvalue weighted by Crippen LogP contribution is -2.42. The summed E-state index contributed by atoms with van der Waals surface area (Å²) >= 11 is 0. The van der Waals surface area contributed by atoms with Crippen LogP contribution in [-0.4, -0.2) is 37.0 Å². The molecular weight excluding hydrogens is 190 g/mol. The molecule has 0 fully saturated rings. The first-order chi connectivity index (χ1) is 6.97. The summed E-state index contributed by atoms with van der Waals surface area (Å²) in [5, 5.41) is 11.3. The third-order valence-electron chi connectivity index (χ3n) is 2.41. The Morgan fingerprint density at radius 2 is 2.07 bits per heavy atom. The number of likely N-dealkylation sites (N-methyl/N-ethyl adjacent to an activating group) is 1. The van der Waals surface area contributed by atoms with E-state index in [1.54, 1.807) is 0 Å². The molecule has 4 heteroatoms. The van der Waals surface area contributed by atoms with E-state index in [1.807, 2.05) is 18.9 Å². The second kappa shape index (κ2) is 7.24. The highest BCUT2D eigenvalue weighted by atomic mass is 16.2. The van der Waals surface area contributed by atoms with Gasteiger partial charge in [-0.15, -0.1) is 0 Å². The Morgan fingerprint density at radius 1 is 1.47 bits per heavy atom. The highest BCUT2D eigenvalue weighted by molar-refractivity contribution is 5.78. The molecule has 1 unspecified atom stereocenters. The first kappa shape index (κ1) is 13.9. The van der Waals surface area contributed by atoms with Crippen molar-refractivity contribution in [2.75, 3.05) is 20.1 Å². The van der Waals surface area contributed by atoms with E-state index in [0.29, 0.717) is 25.4 Å². The van der Waals surface area contributed by atoms with Crippen LogP contribution in [0.5, 0.6) is 0 Å². The van der Waals surface area contributed by atoms with E-state index in [4.69, 9.17) is 5.26 Å². The van der Waals surface area contributed by atoms with E-state index in [-0.39, 0.29) is 11.9 Å². The molecule has 0 saturated heterocycles. The number of nitrogens with one attached hydrogen (secondary N) is 1. The molecule has 0 spiro atoms. The number of carbonyl (C=O) groups is 1. The Balaban J connectivity index is 3.79. The topological polar surface area (TPSA) is 56.1 Å². The molecule has 86 valence electrons. The summed E-state index contributed by atoms with van der Waals surface area (Å²) in [6.07, 6.45) is 0.462. The van der Waals surface area contributed by atoms with Crippen LogP contribution in [0.2, 0.25) is 0 Å². The predicted octanol–water partition coefficient (Wildman–Crippen LogP) is 0.993. The first-order valence-corrected chi connectivity index (χ1v) is 5.32. The van der Waals surface area contributed by atoms with Gasteiger partial charge in [0.15, 0.2) is 0 Å². The van der Waals surface area contributed by atoms with Crippen molar-refractivity contribution in [3.05, 3.63) is 0 Å². The van der Waals surface area contributed by atoms with Gasteiger partial charge in [0, 0.05) is 19.0 Å². The fourth-order valence-corrected chi connectivity index (χ4v) is 1.03. The Kier molecular flexibility index (Phi) is 6.72. The van der Waals surface area contributed by atoms with Crippen molar-refractivity contribution in [2.45, 2.75) is 33.2 Å². The van der Waals surface area contributed by atoms with Crippen molar-refractivity contribution in [3.8, 4) is 6.07 Å². The highest BCUT2D eigenvalue weighted by Crippen LogP contribution is 1.99. The zero-order chi connectivity index (χ0) is 11.8. The average Bonchev–Trinajstić information content (AvgIpc) is 2.14. The molecule has 1 atom stereocenters. The van der Waals surface area contributed by atoms with E-state index in [0.717, 1.165) is 0 Å². The second-order valence-electron chi connectivity index (χ2n) is 4.25. The molecule has 0 aromatic rings. The van der Waals surface area contributed by atoms with Crippen molar-refractivity contribution >= 4 is 5.91 Å². The molecule has 0 aliphatic rings. The van der Waals surface area contributed by atoms with E-state index in [9.17, 15) is 4.79 Å². The van der Waals surface area contributed by atoms with Crippen LogP contribution < -0.4 is 5.32 Å². The van der Waals surface area contributed by atoms with Crippen molar-refractivity contribution in [1.82, 2.24) is 10.2 Å². The minimum atomic E-state index is 0.0247. The van der Waals surface area contributed by atoms with Crippen molar-refractivity contribution in [3.63, 3.8) is 0 Å². The molecule has 1 N–H and O–H groups in total. The standard InChI is InChI=1S/C11H21N3O/c1-9(2)10(3)13-11(15)8-14(4)7-5-6-12/h9-10H,5,7-8H2,1-4H3,(H,13,15). The lowest BCUT2D eigenvalue weighted by Gasteiger charge is -2.20. The first-order valence-electron chi connectivity index (χ1n) is 5.32. The van der Waals surface area contributed by atoms with Gasteiger partial charge in [-0.2, -0.15) is 5.26 Å². The van der Waals surface area contributed by atoms with Crippen LogP contribution >= 0.6 is 0 Å². The molecule has 0 aromatic carbocycles. The van der Waals surface area contributed by atoms with Crippen LogP contribution in [0.15, 0.2) is 0 Å². The van der Waals surface area contributed by atoms with Crippen LogP contribution in [0.4, 0.5) is 0 Å². The van der Waals surface area contributed by atoms with Crippen LogP contribution in [0.25, 0.3) is 0 Å². The minimum Gasteiger partial charge on any atom is -0.352 e. The molecule has 0 heterocycles.